The molecule has 160 valence electrons. The molecular formula is C22H33N3O3S. The second-order valence-electron chi connectivity index (χ2n) is 8.34. The van der Waals surface area contributed by atoms with Crippen LogP contribution < -0.4 is 5.32 Å². The molecule has 1 amide bonds. The van der Waals surface area contributed by atoms with E-state index in [1.54, 1.807) is 6.08 Å². The highest BCUT2D eigenvalue weighted by atomic mass is 32.2. The summed E-state index contributed by atoms with van der Waals surface area (Å²) in [4.78, 5) is 15.1. The van der Waals surface area contributed by atoms with Crippen molar-refractivity contribution in [3.8, 4) is 0 Å². The van der Waals surface area contributed by atoms with Crippen LogP contribution in [-0.2, 0) is 14.8 Å². The molecule has 1 aromatic rings. The SMILES string of the molecule is CC(C)N1CCC(NC(=O)C2CCN(S(=O)(=O)/C=C/c3ccccc3)CC2)CC1. The van der Waals surface area contributed by atoms with Crippen LogP contribution in [0, 0.1) is 5.92 Å². The summed E-state index contributed by atoms with van der Waals surface area (Å²) in [5, 5.41) is 4.47. The Kier molecular flexibility index (Phi) is 7.49. The lowest BCUT2D eigenvalue weighted by Gasteiger charge is -2.36. The van der Waals surface area contributed by atoms with E-state index in [-0.39, 0.29) is 17.9 Å². The highest BCUT2D eigenvalue weighted by Gasteiger charge is 2.31. The van der Waals surface area contributed by atoms with Crippen molar-refractivity contribution in [2.75, 3.05) is 26.2 Å². The zero-order valence-electron chi connectivity index (χ0n) is 17.5. The molecule has 2 saturated heterocycles. The minimum Gasteiger partial charge on any atom is -0.353 e. The van der Waals surface area contributed by atoms with Gasteiger partial charge in [0.25, 0.3) is 0 Å². The minimum absolute atomic E-state index is 0.0878. The molecule has 2 heterocycles. The lowest BCUT2D eigenvalue weighted by atomic mass is 9.95. The summed E-state index contributed by atoms with van der Waals surface area (Å²) in [6.45, 7) is 7.24. The Bertz CT molecular complexity index is 792. The largest absolute Gasteiger partial charge is 0.353 e. The Hall–Kier alpha value is -1.70. The van der Waals surface area contributed by atoms with Crippen molar-refractivity contribution in [1.82, 2.24) is 14.5 Å². The number of nitrogens with one attached hydrogen (secondary N) is 1. The maximum absolute atomic E-state index is 12.6. The molecule has 0 spiro atoms. The fourth-order valence-electron chi connectivity index (χ4n) is 4.07. The molecule has 0 radical (unpaired) electrons. The van der Waals surface area contributed by atoms with Gasteiger partial charge in [-0.1, -0.05) is 30.3 Å². The Labute approximate surface area is 175 Å². The first-order valence-electron chi connectivity index (χ1n) is 10.6. The summed E-state index contributed by atoms with van der Waals surface area (Å²) in [6, 6.07) is 10.2. The van der Waals surface area contributed by atoms with Crippen LogP contribution in [0.1, 0.15) is 45.1 Å². The van der Waals surface area contributed by atoms with E-state index in [9.17, 15) is 13.2 Å². The summed E-state index contributed by atoms with van der Waals surface area (Å²) >= 11 is 0. The number of carbonyl (C=O) groups is 1. The van der Waals surface area contributed by atoms with Gasteiger partial charge in [-0.25, -0.2) is 8.42 Å². The van der Waals surface area contributed by atoms with E-state index < -0.39 is 10.0 Å². The molecule has 29 heavy (non-hydrogen) atoms. The van der Waals surface area contributed by atoms with E-state index in [1.807, 2.05) is 30.3 Å². The van der Waals surface area contributed by atoms with Gasteiger partial charge in [-0.05, 0) is 51.2 Å². The molecule has 0 aliphatic carbocycles. The number of likely N-dealkylation sites (tertiary alicyclic amines) is 1. The predicted octanol–water partition coefficient (Wildman–Crippen LogP) is 2.69. The Morgan fingerprint density at radius 2 is 1.66 bits per heavy atom. The third-order valence-electron chi connectivity index (χ3n) is 6.02. The van der Waals surface area contributed by atoms with Crippen LogP contribution in [0.15, 0.2) is 35.7 Å². The van der Waals surface area contributed by atoms with E-state index in [0.717, 1.165) is 31.5 Å². The summed E-state index contributed by atoms with van der Waals surface area (Å²) in [5.74, 6) is -0.00689. The molecule has 0 atom stereocenters. The summed E-state index contributed by atoms with van der Waals surface area (Å²) in [7, 11) is -3.46. The van der Waals surface area contributed by atoms with Crippen LogP contribution in [0.3, 0.4) is 0 Å². The van der Waals surface area contributed by atoms with E-state index in [2.05, 4.69) is 24.1 Å². The Morgan fingerprint density at radius 1 is 1.03 bits per heavy atom. The fourth-order valence-corrected chi connectivity index (χ4v) is 5.29. The van der Waals surface area contributed by atoms with Crippen LogP contribution in [-0.4, -0.2) is 61.8 Å². The normalized spacial score (nSPS) is 21.1. The molecule has 1 N–H and O–H groups in total. The molecule has 0 unspecified atom stereocenters. The Morgan fingerprint density at radius 3 is 2.24 bits per heavy atom. The smallest absolute Gasteiger partial charge is 0.236 e. The number of hydrogen-bond acceptors (Lipinski definition) is 4. The van der Waals surface area contributed by atoms with Crippen molar-refractivity contribution in [1.29, 1.82) is 0 Å². The topological polar surface area (TPSA) is 69.7 Å². The molecular weight excluding hydrogens is 386 g/mol. The average molecular weight is 420 g/mol. The Balaban J connectivity index is 1.46. The third-order valence-corrected chi connectivity index (χ3v) is 7.59. The number of hydrogen-bond donors (Lipinski definition) is 1. The van der Waals surface area contributed by atoms with Crippen molar-refractivity contribution in [3.05, 3.63) is 41.3 Å². The van der Waals surface area contributed by atoms with Crippen molar-refractivity contribution in [3.63, 3.8) is 0 Å². The van der Waals surface area contributed by atoms with Gasteiger partial charge in [0, 0.05) is 49.6 Å². The van der Waals surface area contributed by atoms with E-state index in [4.69, 9.17) is 0 Å². The number of piperidine rings is 2. The van der Waals surface area contributed by atoms with Crippen LogP contribution in [0.5, 0.6) is 0 Å². The van der Waals surface area contributed by atoms with Crippen LogP contribution in [0.4, 0.5) is 0 Å². The molecule has 0 saturated carbocycles. The molecule has 1 aromatic carbocycles. The fraction of sp³-hybridized carbons (Fsp3) is 0.591. The maximum atomic E-state index is 12.6. The van der Waals surface area contributed by atoms with E-state index in [0.29, 0.717) is 32.0 Å². The number of sulfonamides is 1. The van der Waals surface area contributed by atoms with Crippen LogP contribution in [0.25, 0.3) is 6.08 Å². The lowest BCUT2D eigenvalue weighted by Crippen LogP contribution is -2.49. The monoisotopic (exact) mass is 419 g/mol. The van der Waals surface area contributed by atoms with Crippen molar-refractivity contribution < 1.29 is 13.2 Å². The number of nitrogens with zero attached hydrogens (tertiary/aromatic N) is 2. The number of benzene rings is 1. The number of rotatable bonds is 6. The predicted molar refractivity (Wildman–Crippen MR) is 117 cm³/mol. The molecule has 2 aliphatic rings. The van der Waals surface area contributed by atoms with Gasteiger partial charge >= 0.3 is 0 Å². The van der Waals surface area contributed by atoms with Gasteiger partial charge in [0.1, 0.15) is 0 Å². The van der Waals surface area contributed by atoms with E-state index >= 15 is 0 Å². The first-order valence-corrected chi connectivity index (χ1v) is 12.1. The molecule has 0 bridgehead atoms. The van der Waals surface area contributed by atoms with Gasteiger partial charge in [-0.3, -0.25) is 4.79 Å². The maximum Gasteiger partial charge on any atom is 0.236 e. The summed E-state index contributed by atoms with van der Waals surface area (Å²) in [6.07, 6.45) is 4.75. The molecule has 7 heteroatoms. The van der Waals surface area contributed by atoms with Gasteiger partial charge in [-0.2, -0.15) is 4.31 Å². The highest BCUT2D eigenvalue weighted by molar-refractivity contribution is 7.92. The van der Waals surface area contributed by atoms with Gasteiger partial charge in [0.05, 0.1) is 0 Å². The molecule has 2 fully saturated rings. The van der Waals surface area contributed by atoms with Gasteiger partial charge < -0.3 is 10.2 Å². The minimum atomic E-state index is -3.46. The quantitative estimate of drug-likeness (QED) is 0.770. The first-order chi connectivity index (χ1) is 13.8. The van der Waals surface area contributed by atoms with E-state index in [1.165, 1.54) is 9.71 Å². The van der Waals surface area contributed by atoms with Crippen LogP contribution >= 0.6 is 0 Å². The van der Waals surface area contributed by atoms with Crippen molar-refractivity contribution in [2.45, 2.75) is 51.6 Å². The molecule has 0 aromatic heterocycles. The zero-order valence-corrected chi connectivity index (χ0v) is 18.3. The second kappa shape index (κ2) is 9.87. The number of carbonyl (C=O) groups excluding carboxylic acids is 1. The first kappa shape index (κ1) is 22.0. The van der Waals surface area contributed by atoms with Gasteiger partial charge in [0.2, 0.25) is 15.9 Å². The average Bonchev–Trinajstić information content (AvgIpc) is 2.73. The summed E-state index contributed by atoms with van der Waals surface area (Å²) < 4.78 is 26.6. The van der Waals surface area contributed by atoms with Gasteiger partial charge in [0.15, 0.2) is 0 Å². The van der Waals surface area contributed by atoms with Crippen LogP contribution in [0.2, 0.25) is 0 Å². The zero-order chi connectivity index (χ0) is 20.9. The lowest BCUT2D eigenvalue weighted by molar-refractivity contribution is -0.127. The van der Waals surface area contributed by atoms with Crippen molar-refractivity contribution in [2.24, 2.45) is 5.92 Å². The standard InChI is InChI=1S/C22H33N3O3S/c1-18(2)24-13-10-21(11-14-24)23-22(26)20-8-15-25(16-9-20)29(27,28)17-12-19-6-4-3-5-7-19/h3-7,12,17-18,20-21H,8-11,13-16H2,1-2H3,(H,23,26)/b17-12+. The summed E-state index contributed by atoms with van der Waals surface area (Å²) in [5.41, 5.74) is 0.855. The molecule has 3 rings (SSSR count). The second-order valence-corrected chi connectivity index (χ2v) is 10.2. The third kappa shape index (κ3) is 6.14. The van der Waals surface area contributed by atoms with Crippen molar-refractivity contribution >= 4 is 22.0 Å². The molecule has 2 aliphatic heterocycles. The highest BCUT2D eigenvalue weighted by Crippen LogP contribution is 2.22. The number of amides is 1. The molecule has 6 nitrogen and oxygen atoms in total. The van der Waals surface area contributed by atoms with Gasteiger partial charge in [-0.15, -0.1) is 0 Å².